The molecule has 0 rings (SSSR count). The molecule has 116 valence electrons. The molecular formula is C15H33NO3. The largest absolute Gasteiger partial charge is 0.375 e. The van der Waals surface area contributed by atoms with Crippen LogP contribution in [0.2, 0.25) is 0 Å². The molecule has 4 heteroatoms. The second kappa shape index (κ2) is 10.4. The Hall–Kier alpha value is -0.450. The van der Waals surface area contributed by atoms with Crippen LogP contribution in [0, 0.1) is 0 Å². The average Bonchev–Trinajstić information content (AvgIpc) is 2.30. The molecule has 0 unspecified atom stereocenters. The van der Waals surface area contributed by atoms with Crippen LogP contribution in [-0.2, 0) is 14.3 Å². The van der Waals surface area contributed by atoms with Crippen LogP contribution in [-0.4, -0.2) is 36.7 Å². The van der Waals surface area contributed by atoms with Crippen molar-refractivity contribution in [3.05, 3.63) is 0 Å². The van der Waals surface area contributed by atoms with E-state index in [0.717, 1.165) is 6.42 Å². The number of carbonyl (C=O) groups is 1. The summed E-state index contributed by atoms with van der Waals surface area (Å²) in [7, 11) is 0. The first-order valence-electron chi connectivity index (χ1n) is 7.16. The van der Waals surface area contributed by atoms with Crippen LogP contribution in [0.4, 0.5) is 0 Å². The molecule has 0 aromatic heterocycles. The third-order valence-corrected chi connectivity index (χ3v) is 2.64. The van der Waals surface area contributed by atoms with Gasteiger partial charge in [-0.25, -0.2) is 0 Å². The summed E-state index contributed by atoms with van der Waals surface area (Å²) >= 11 is 0. The third-order valence-electron chi connectivity index (χ3n) is 2.64. The molecule has 0 aliphatic heterocycles. The minimum absolute atomic E-state index is 0.154. The monoisotopic (exact) mass is 275 g/mol. The molecule has 0 amide bonds. The number of ether oxygens (including phenoxy) is 2. The first-order valence-corrected chi connectivity index (χ1v) is 7.16. The van der Waals surface area contributed by atoms with Gasteiger partial charge in [-0.2, -0.15) is 0 Å². The molecule has 19 heavy (non-hydrogen) atoms. The quantitative estimate of drug-likeness (QED) is 0.703. The van der Waals surface area contributed by atoms with Gasteiger partial charge >= 0.3 is 0 Å². The van der Waals surface area contributed by atoms with Crippen molar-refractivity contribution in [1.82, 2.24) is 0 Å². The van der Waals surface area contributed by atoms with E-state index >= 15 is 0 Å². The van der Waals surface area contributed by atoms with E-state index in [9.17, 15) is 4.79 Å². The van der Waals surface area contributed by atoms with Gasteiger partial charge in [0.25, 0.3) is 0 Å². The normalized spacial score (nSPS) is 11.8. The van der Waals surface area contributed by atoms with Crippen LogP contribution in [0.1, 0.15) is 61.3 Å². The topological polar surface area (TPSA) is 61.5 Å². The number of Topliss-reactive ketones (excluding diaryl/α,β-unsaturated/α-hetero) is 1. The van der Waals surface area contributed by atoms with E-state index < -0.39 is 0 Å². The highest BCUT2D eigenvalue weighted by Gasteiger charge is 2.21. The minimum Gasteiger partial charge on any atom is -0.375 e. The second-order valence-corrected chi connectivity index (χ2v) is 5.62. The van der Waals surface area contributed by atoms with E-state index in [1.807, 2.05) is 41.5 Å². The molecule has 0 aliphatic rings. The van der Waals surface area contributed by atoms with Crippen LogP contribution in [0.5, 0.6) is 0 Å². The summed E-state index contributed by atoms with van der Waals surface area (Å²) in [5.41, 5.74) is 5.03. The highest BCUT2D eigenvalue weighted by atomic mass is 16.5. The molecule has 0 aromatic rings. The Balaban J connectivity index is 0. The lowest BCUT2D eigenvalue weighted by molar-refractivity contribution is -0.120. The van der Waals surface area contributed by atoms with Crippen molar-refractivity contribution in [2.24, 2.45) is 5.73 Å². The SMILES string of the molecule is CC.CC(=O)CCOC(C)(C)CCOC(C)(C)CN. The summed E-state index contributed by atoms with van der Waals surface area (Å²) in [5.74, 6) is 0.154. The van der Waals surface area contributed by atoms with E-state index in [-0.39, 0.29) is 17.0 Å². The van der Waals surface area contributed by atoms with Gasteiger partial charge in [-0.1, -0.05) is 13.8 Å². The maximum absolute atomic E-state index is 10.8. The fraction of sp³-hybridized carbons (Fsp3) is 0.933. The van der Waals surface area contributed by atoms with E-state index in [2.05, 4.69) is 0 Å². The molecule has 0 aromatic carbocycles. The molecule has 0 aliphatic carbocycles. The van der Waals surface area contributed by atoms with Crippen molar-refractivity contribution in [2.75, 3.05) is 19.8 Å². The van der Waals surface area contributed by atoms with Crippen LogP contribution in [0.3, 0.4) is 0 Å². The number of nitrogens with two attached hydrogens (primary N) is 1. The Labute approximate surface area is 119 Å². The molecular weight excluding hydrogens is 242 g/mol. The molecule has 4 nitrogen and oxygen atoms in total. The van der Waals surface area contributed by atoms with Crippen molar-refractivity contribution in [3.63, 3.8) is 0 Å². The van der Waals surface area contributed by atoms with Crippen LogP contribution in [0.25, 0.3) is 0 Å². The Morgan fingerprint density at radius 3 is 1.89 bits per heavy atom. The van der Waals surface area contributed by atoms with Gasteiger partial charge in [0.15, 0.2) is 0 Å². The summed E-state index contributed by atoms with van der Waals surface area (Å²) in [6, 6.07) is 0. The van der Waals surface area contributed by atoms with Crippen molar-refractivity contribution in [2.45, 2.75) is 72.5 Å². The van der Waals surface area contributed by atoms with Gasteiger partial charge in [-0.3, -0.25) is 4.79 Å². The van der Waals surface area contributed by atoms with Crippen molar-refractivity contribution in [3.8, 4) is 0 Å². The zero-order valence-corrected chi connectivity index (χ0v) is 13.8. The van der Waals surface area contributed by atoms with Gasteiger partial charge in [0.2, 0.25) is 0 Å². The Bertz CT molecular complexity index is 238. The van der Waals surface area contributed by atoms with Gasteiger partial charge in [-0.05, 0) is 41.0 Å². The van der Waals surface area contributed by atoms with Gasteiger partial charge in [0.05, 0.1) is 24.4 Å². The van der Waals surface area contributed by atoms with Crippen LogP contribution >= 0.6 is 0 Å². The fourth-order valence-corrected chi connectivity index (χ4v) is 1.18. The van der Waals surface area contributed by atoms with Crippen LogP contribution in [0.15, 0.2) is 0 Å². The van der Waals surface area contributed by atoms with E-state index in [4.69, 9.17) is 15.2 Å². The van der Waals surface area contributed by atoms with Gasteiger partial charge in [0, 0.05) is 13.0 Å². The Morgan fingerprint density at radius 2 is 1.47 bits per heavy atom. The van der Waals surface area contributed by atoms with E-state index in [1.165, 1.54) is 0 Å². The molecule has 0 fully saturated rings. The summed E-state index contributed by atoms with van der Waals surface area (Å²) in [6.45, 7) is 15.1. The molecule has 0 radical (unpaired) electrons. The zero-order chi connectivity index (χ0) is 15.5. The Kier molecular flexibility index (Phi) is 11.4. The lowest BCUT2D eigenvalue weighted by atomic mass is 10.1. The van der Waals surface area contributed by atoms with Gasteiger partial charge in [-0.15, -0.1) is 0 Å². The number of hydrogen-bond acceptors (Lipinski definition) is 4. The number of ketones is 1. The van der Waals surface area contributed by atoms with E-state index in [1.54, 1.807) is 6.92 Å². The third kappa shape index (κ3) is 13.8. The lowest BCUT2D eigenvalue weighted by Crippen LogP contribution is -2.36. The van der Waals surface area contributed by atoms with Crippen molar-refractivity contribution in [1.29, 1.82) is 0 Å². The predicted molar refractivity (Wildman–Crippen MR) is 80.4 cm³/mol. The van der Waals surface area contributed by atoms with Crippen molar-refractivity contribution >= 4 is 5.78 Å². The molecule has 0 saturated carbocycles. The maximum atomic E-state index is 10.8. The van der Waals surface area contributed by atoms with Crippen molar-refractivity contribution < 1.29 is 14.3 Å². The standard InChI is InChI=1S/C13H27NO3.C2H6/c1-11(15)6-8-16-12(2,3)7-9-17-13(4,5)10-14;1-2/h6-10,14H2,1-5H3;1-2H3. The minimum atomic E-state index is -0.282. The molecule has 0 bridgehead atoms. The lowest BCUT2D eigenvalue weighted by Gasteiger charge is -2.28. The molecule has 0 saturated heterocycles. The maximum Gasteiger partial charge on any atom is 0.132 e. The number of rotatable bonds is 9. The summed E-state index contributed by atoms with van der Waals surface area (Å²) in [4.78, 5) is 10.8. The van der Waals surface area contributed by atoms with Gasteiger partial charge < -0.3 is 15.2 Å². The zero-order valence-electron chi connectivity index (χ0n) is 13.8. The first-order chi connectivity index (χ1) is 8.68. The van der Waals surface area contributed by atoms with Crippen LogP contribution < -0.4 is 5.73 Å². The highest BCUT2D eigenvalue weighted by Crippen LogP contribution is 2.17. The summed E-state index contributed by atoms with van der Waals surface area (Å²) < 4.78 is 11.3. The van der Waals surface area contributed by atoms with E-state index in [0.29, 0.717) is 26.2 Å². The molecule has 0 atom stereocenters. The fourth-order valence-electron chi connectivity index (χ4n) is 1.18. The predicted octanol–water partition coefficient (Wildman–Crippen LogP) is 2.93. The molecule has 2 N–H and O–H groups in total. The first kappa shape index (κ1) is 20.9. The molecule has 0 spiro atoms. The summed E-state index contributed by atoms with van der Waals surface area (Å²) in [5, 5.41) is 0. The molecule has 0 heterocycles. The van der Waals surface area contributed by atoms with Gasteiger partial charge in [0.1, 0.15) is 5.78 Å². The Morgan fingerprint density at radius 1 is 1.00 bits per heavy atom. The highest BCUT2D eigenvalue weighted by molar-refractivity contribution is 5.75. The average molecular weight is 275 g/mol. The number of carbonyl (C=O) groups excluding carboxylic acids is 1. The smallest absolute Gasteiger partial charge is 0.132 e. The summed E-state index contributed by atoms with van der Waals surface area (Å²) in [6.07, 6.45) is 1.26. The second-order valence-electron chi connectivity index (χ2n) is 5.62. The number of hydrogen-bond donors (Lipinski definition) is 1.